The lowest BCUT2D eigenvalue weighted by molar-refractivity contribution is -0.136. The van der Waals surface area contributed by atoms with Crippen LogP contribution in [0.3, 0.4) is 0 Å². The SMILES string of the molecule is CCO/C(=C\c1cccc2cc(OCCN3CCSc4ccccc43)ccc12)C(=O)O. The highest BCUT2D eigenvalue weighted by molar-refractivity contribution is 7.99. The topological polar surface area (TPSA) is 59.0 Å². The van der Waals surface area contributed by atoms with Crippen LogP contribution < -0.4 is 9.64 Å². The molecule has 0 spiro atoms. The van der Waals surface area contributed by atoms with Gasteiger partial charge >= 0.3 is 5.97 Å². The van der Waals surface area contributed by atoms with E-state index in [4.69, 9.17) is 9.47 Å². The molecule has 0 fully saturated rings. The molecule has 0 radical (unpaired) electrons. The van der Waals surface area contributed by atoms with Gasteiger partial charge in [0.1, 0.15) is 12.4 Å². The van der Waals surface area contributed by atoms with E-state index >= 15 is 0 Å². The third-order valence-electron chi connectivity index (χ3n) is 5.14. The van der Waals surface area contributed by atoms with Gasteiger partial charge in [0.2, 0.25) is 5.76 Å². The Bertz CT molecular complexity index is 1110. The Kier molecular flexibility index (Phi) is 6.67. The minimum Gasteiger partial charge on any atom is -0.492 e. The quantitative estimate of drug-likeness (QED) is 0.383. The van der Waals surface area contributed by atoms with E-state index in [9.17, 15) is 9.90 Å². The minimum atomic E-state index is -1.07. The molecule has 3 aromatic rings. The Labute approximate surface area is 186 Å². The Morgan fingerprint density at radius 3 is 2.87 bits per heavy atom. The molecule has 160 valence electrons. The molecular formula is C25H25NO4S. The summed E-state index contributed by atoms with van der Waals surface area (Å²) in [7, 11) is 0. The van der Waals surface area contributed by atoms with Crippen LogP contribution >= 0.6 is 11.8 Å². The highest BCUT2D eigenvalue weighted by atomic mass is 32.2. The van der Waals surface area contributed by atoms with Crippen LogP contribution in [-0.2, 0) is 9.53 Å². The van der Waals surface area contributed by atoms with Crippen LogP contribution in [-0.4, -0.2) is 43.1 Å². The molecule has 31 heavy (non-hydrogen) atoms. The number of nitrogens with zero attached hydrogens (tertiary/aromatic N) is 1. The monoisotopic (exact) mass is 435 g/mol. The number of carbonyl (C=O) groups is 1. The number of carboxylic acids is 1. The van der Waals surface area contributed by atoms with Crippen LogP contribution in [0.25, 0.3) is 16.8 Å². The standard InChI is InChI=1S/C25H25NO4S/c1-2-29-23(25(27)28)17-19-7-5-6-18-16-20(10-11-21(18)19)30-14-12-26-13-15-31-24-9-4-3-8-22(24)26/h3-11,16-17H,2,12-15H2,1H3,(H,27,28)/b23-17-. The molecule has 0 saturated carbocycles. The van der Waals surface area contributed by atoms with Gasteiger partial charge in [-0.25, -0.2) is 4.79 Å². The van der Waals surface area contributed by atoms with Crippen LogP contribution in [0.1, 0.15) is 12.5 Å². The second kappa shape index (κ2) is 9.79. The van der Waals surface area contributed by atoms with Crippen molar-refractivity contribution in [2.24, 2.45) is 0 Å². The molecular weight excluding hydrogens is 410 g/mol. The molecule has 1 heterocycles. The van der Waals surface area contributed by atoms with E-state index in [1.165, 1.54) is 10.6 Å². The number of carboxylic acid groups (broad SMARTS) is 1. The molecule has 1 N–H and O–H groups in total. The normalized spacial score (nSPS) is 13.7. The number of ether oxygens (including phenoxy) is 2. The van der Waals surface area contributed by atoms with Gasteiger partial charge in [-0.3, -0.25) is 0 Å². The second-order valence-electron chi connectivity index (χ2n) is 7.13. The van der Waals surface area contributed by atoms with Crippen LogP contribution in [0, 0.1) is 0 Å². The van der Waals surface area contributed by atoms with Gasteiger partial charge in [-0.2, -0.15) is 0 Å². The highest BCUT2D eigenvalue weighted by Gasteiger charge is 2.16. The van der Waals surface area contributed by atoms with Gasteiger partial charge in [0.25, 0.3) is 0 Å². The Morgan fingerprint density at radius 1 is 1.16 bits per heavy atom. The van der Waals surface area contributed by atoms with Gasteiger partial charge in [0.05, 0.1) is 18.8 Å². The summed E-state index contributed by atoms with van der Waals surface area (Å²) in [6.45, 7) is 4.52. The van der Waals surface area contributed by atoms with E-state index in [1.807, 2.05) is 48.2 Å². The van der Waals surface area contributed by atoms with Crippen LogP contribution in [0.4, 0.5) is 5.69 Å². The molecule has 1 aliphatic heterocycles. The van der Waals surface area contributed by atoms with E-state index in [-0.39, 0.29) is 5.76 Å². The summed E-state index contributed by atoms with van der Waals surface area (Å²) in [5.41, 5.74) is 2.08. The van der Waals surface area contributed by atoms with Crippen molar-refractivity contribution in [3.63, 3.8) is 0 Å². The number of hydrogen-bond donors (Lipinski definition) is 1. The third kappa shape index (κ3) is 4.97. The van der Waals surface area contributed by atoms with Crippen molar-refractivity contribution in [2.45, 2.75) is 11.8 Å². The van der Waals surface area contributed by atoms with Crippen LogP contribution in [0.2, 0.25) is 0 Å². The smallest absolute Gasteiger partial charge is 0.371 e. The average molecular weight is 436 g/mol. The van der Waals surface area contributed by atoms with Crippen molar-refractivity contribution in [1.82, 2.24) is 0 Å². The number of anilines is 1. The van der Waals surface area contributed by atoms with Gasteiger partial charge in [-0.15, -0.1) is 11.8 Å². The van der Waals surface area contributed by atoms with Gasteiger partial charge in [-0.1, -0.05) is 36.4 Å². The number of hydrogen-bond acceptors (Lipinski definition) is 5. The zero-order valence-electron chi connectivity index (χ0n) is 17.4. The minimum absolute atomic E-state index is 0.0599. The molecule has 0 aromatic heterocycles. The molecule has 1 aliphatic rings. The summed E-state index contributed by atoms with van der Waals surface area (Å²) in [4.78, 5) is 15.1. The number of fused-ring (bicyclic) bond motifs is 2. The summed E-state index contributed by atoms with van der Waals surface area (Å²) in [5, 5.41) is 11.3. The summed E-state index contributed by atoms with van der Waals surface area (Å²) < 4.78 is 11.3. The summed E-state index contributed by atoms with van der Waals surface area (Å²) >= 11 is 1.90. The first kappa shape index (κ1) is 21.1. The fraction of sp³-hybridized carbons (Fsp3) is 0.240. The maximum Gasteiger partial charge on any atom is 0.371 e. The predicted molar refractivity (Wildman–Crippen MR) is 126 cm³/mol. The van der Waals surface area contributed by atoms with Crippen molar-refractivity contribution >= 4 is 40.3 Å². The number of para-hydroxylation sites is 1. The number of thioether (sulfide) groups is 1. The summed E-state index contributed by atoms with van der Waals surface area (Å²) in [6.07, 6.45) is 1.57. The van der Waals surface area contributed by atoms with Gasteiger partial charge in [0.15, 0.2) is 0 Å². The Morgan fingerprint density at radius 2 is 2.03 bits per heavy atom. The van der Waals surface area contributed by atoms with E-state index in [0.717, 1.165) is 40.9 Å². The molecule has 6 heteroatoms. The Hall–Kier alpha value is -3.12. The fourth-order valence-corrected chi connectivity index (χ4v) is 4.75. The first-order chi connectivity index (χ1) is 15.2. The summed E-state index contributed by atoms with van der Waals surface area (Å²) in [5.74, 6) is 0.756. The lowest BCUT2D eigenvalue weighted by Crippen LogP contribution is -2.33. The van der Waals surface area contributed by atoms with Crippen molar-refractivity contribution in [3.05, 3.63) is 72.0 Å². The first-order valence-corrected chi connectivity index (χ1v) is 11.3. The molecule has 0 amide bonds. The summed E-state index contributed by atoms with van der Waals surface area (Å²) in [6, 6.07) is 20.2. The molecule has 0 saturated heterocycles. The second-order valence-corrected chi connectivity index (χ2v) is 8.27. The van der Waals surface area contributed by atoms with Crippen molar-refractivity contribution in [2.75, 3.05) is 37.0 Å². The van der Waals surface area contributed by atoms with Crippen molar-refractivity contribution < 1.29 is 19.4 Å². The van der Waals surface area contributed by atoms with Gasteiger partial charge in [-0.05, 0) is 53.6 Å². The zero-order chi connectivity index (χ0) is 21.6. The predicted octanol–water partition coefficient (Wildman–Crippen LogP) is 5.29. The van der Waals surface area contributed by atoms with E-state index < -0.39 is 5.97 Å². The van der Waals surface area contributed by atoms with Gasteiger partial charge in [0, 0.05) is 17.2 Å². The number of aliphatic carboxylic acids is 1. The lowest BCUT2D eigenvalue weighted by Gasteiger charge is -2.30. The largest absolute Gasteiger partial charge is 0.492 e. The molecule has 0 atom stereocenters. The first-order valence-electron chi connectivity index (χ1n) is 10.4. The molecule has 0 unspecified atom stereocenters. The number of rotatable bonds is 8. The zero-order valence-corrected chi connectivity index (χ0v) is 18.2. The molecule has 5 nitrogen and oxygen atoms in total. The van der Waals surface area contributed by atoms with E-state index in [0.29, 0.717) is 13.2 Å². The van der Waals surface area contributed by atoms with Crippen molar-refractivity contribution in [3.8, 4) is 5.75 Å². The average Bonchev–Trinajstić information content (AvgIpc) is 2.79. The molecule has 0 aliphatic carbocycles. The highest BCUT2D eigenvalue weighted by Crippen LogP contribution is 2.34. The molecule has 0 bridgehead atoms. The van der Waals surface area contributed by atoms with Gasteiger partial charge < -0.3 is 19.5 Å². The number of benzene rings is 3. The third-order valence-corrected chi connectivity index (χ3v) is 6.18. The van der Waals surface area contributed by atoms with Crippen LogP contribution in [0.5, 0.6) is 5.75 Å². The Balaban J connectivity index is 1.47. The lowest BCUT2D eigenvalue weighted by atomic mass is 10.0. The van der Waals surface area contributed by atoms with E-state index in [2.05, 4.69) is 29.2 Å². The van der Waals surface area contributed by atoms with Crippen molar-refractivity contribution in [1.29, 1.82) is 0 Å². The maximum atomic E-state index is 11.4. The molecule has 4 rings (SSSR count). The fourth-order valence-electron chi connectivity index (χ4n) is 3.70. The van der Waals surface area contributed by atoms with E-state index in [1.54, 1.807) is 13.0 Å². The maximum absolute atomic E-state index is 11.4. The van der Waals surface area contributed by atoms with Crippen LogP contribution in [0.15, 0.2) is 71.3 Å². The molecule has 3 aromatic carbocycles.